The van der Waals surface area contributed by atoms with Crippen LogP contribution in [0.4, 0.5) is 0 Å². The SMILES string of the molecule is Cc1cc(C)c(C(=O)NCC(C)C)c(=O)[nH]1. The van der Waals surface area contributed by atoms with E-state index in [4.69, 9.17) is 0 Å². The summed E-state index contributed by atoms with van der Waals surface area (Å²) in [5, 5.41) is 2.74. The van der Waals surface area contributed by atoms with Crippen molar-refractivity contribution in [3.8, 4) is 0 Å². The predicted octanol–water partition coefficient (Wildman–Crippen LogP) is 1.38. The summed E-state index contributed by atoms with van der Waals surface area (Å²) in [5.74, 6) is 0.0706. The second-order valence-electron chi connectivity index (χ2n) is 4.44. The first-order chi connectivity index (χ1) is 7.41. The van der Waals surface area contributed by atoms with Crippen LogP contribution in [0.25, 0.3) is 0 Å². The van der Waals surface area contributed by atoms with E-state index in [1.807, 2.05) is 13.8 Å². The van der Waals surface area contributed by atoms with Gasteiger partial charge < -0.3 is 10.3 Å². The number of H-pyrrole nitrogens is 1. The minimum absolute atomic E-state index is 0.214. The molecule has 1 aromatic heterocycles. The first kappa shape index (κ1) is 12.5. The molecule has 88 valence electrons. The van der Waals surface area contributed by atoms with Crippen molar-refractivity contribution in [2.24, 2.45) is 5.92 Å². The van der Waals surface area contributed by atoms with Gasteiger partial charge in [0, 0.05) is 12.2 Å². The molecular formula is C12H18N2O2. The minimum atomic E-state index is -0.321. The van der Waals surface area contributed by atoms with Crippen molar-refractivity contribution in [2.75, 3.05) is 6.54 Å². The predicted molar refractivity (Wildman–Crippen MR) is 63.7 cm³/mol. The molecule has 2 N–H and O–H groups in total. The Hall–Kier alpha value is -1.58. The Kier molecular flexibility index (Phi) is 3.88. The highest BCUT2D eigenvalue weighted by Gasteiger charge is 2.13. The first-order valence-electron chi connectivity index (χ1n) is 5.40. The number of nitrogens with one attached hydrogen (secondary N) is 2. The van der Waals surface area contributed by atoms with Crippen LogP contribution >= 0.6 is 0 Å². The molecule has 1 rings (SSSR count). The zero-order chi connectivity index (χ0) is 12.3. The summed E-state index contributed by atoms with van der Waals surface area (Å²) >= 11 is 0. The molecule has 0 aliphatic rings. The Morgan fingerprint density at radius 2 is 2.06 bits per heavy atom. The average Bonchev–Trinajstić information content (AvgIpc) is 2.12. The lowest BCUT2D eigenvalue weighted by Crippen LogP contribution is -2.33. The third-order valence-corrected chi connectivity index (χ3v) is 2.26. The largest absolute Gasteiger partial charge is 0.352 e. The van der Waals surface area contributed by atoms with Gasteiger partial charge >= 0.3 is 0 Å². The molecule has 0 saturated heterocycles. The maximum atomic E-state index is 11.8. The quantitative estimate of drug-likeness (QED) is 0.811. The Labute approximate surface area is 95.1 Å². The normalized spacial score (nSPS) is 10.6. The molecule has 4 heteroatoms. The van der Waals surface area contributed by atoms with E-state index in [9.17, 15) is 9.59 Å². The maximum absolute atomic E-state index is 11.8. The summed E-state index contributed by atoms with van der Waals surface area (Å²) in [5.41, 5.74) is 1.37. The van der Waals surface area contributed by atoms with Gasteiger partial charge in [-0.25, -0.2) is 0 Å². The van der Waals surface area contributed by atoms with Crippen LogP contribution in [0.2, 0.25) is 0 Å². The Morgan fingerprint density at radius 3 is 2.56 bits per heavy atom. The summed E-state index contributed by atoms with van der Waals surface area (Å²) in [6, 6.07) is 1.80. The van der Waals surface area contributed by atoms with Gasteiger partial charge in [-0.15, -0.1) is 0 Å². The van der Waals surface area contributed by atoms with Crippen molar-refractivity contribution in [2.45, 2.75) is 27.7 Å². The van der Waals surface area contributed by atoms with Gasteiger partial charge in [-0.1, -0.05) is 13.8 Å². The molecule has 0 atom stereocenters. The Morgan fingerprint density at radius 1 is 1.44 bits per heavy atom. The zero-order valence-corrected chi connectivity index (χ0v) is 10.2. The molecular weight excluding hydrogens is 204 g/mol. The minimum Gasteiger partial charge on any atom is -0.352 e. The molecule has 0 saturated carbocycles. The first-order valence-corrected chi connectivity index (χ1v) is 5.40. The molecule has 0 aliphatic carbocycles. The van der Waals surface area contributed by atoms with Gasteiger partial charge in [0.05, 0.1) is 0 Å². The van der Waals surface area contributed by atoms with Crippen molar-refractivity contribution >= 4 is 5.91 Å². The lowest BCUT2D eigenvalue weighted by Gasteiger charge is -2.09. The highest BCUT2D eigenvalue weighted by atomic mass is 16.2. The van der Waals surface area contributed by atoms with E-state index in [-0.39, 0.29) is 17.0 Å². The van der Waals surface area contributed by atoms with Crippen molar-refractivity contribution in [1.29, 1.82) is 0 Å². The van der Waals surface area contributed by atoms with Crippen LogP contribution in [-0.2, 0) is 0 Å². The van der Waals surface area contributed by atoms with E-state index in [1.165, 1.54) is 0 Å². The van der Waals surface area contributed by atoms with E-state index >= 15 is 0 Å². The Bertz CT molecular complexity index is 447. The lowest BCUT2D eigenvalue weighted by molar-refractivity contribution is 0.0947. The average molecular weight is 222 g/mol. The van der Waals surface area contributed by atoms with Gasteiger partial charge in [-0.05, 0) is 31.4 Å². The summed E-state index contributed by atoms with van der Waals surface area (Å²) < 4.78 is 0. The summed E-state index contributed by atoms with van der Waals surface area (Å²) in [6.45, 7) is 8.15. The van der Waals surface area contributed by atoms with E-state index in [1.54, 1.807) is 19.9 Å². The van der Waals surface area contributed by atoms with Gasteiger partial charge in [0.2, 0.25) is 0 Å². The summed E-state index contributed by atoms with van der Waals surface area (Å²) in [6.07, 6.45) is 0. The number of hydrogen-bond donors (Lipinski definition) is 2. The van der Waals surface area contributed by atoms with Gasteiger partial charge in [0.25, 0.3) is 11.5 Å². The third-order valence-electron chi connectivity index (χ3n) is 2.26. The molecule has 0 aliphatic heterocycles. The van der Waals surface area contributed by atoms with Crippen LogP contribution in [0.3, 0.4) is 0 Å². The van der Waals surface area contributed by atoms with Crippen LogP contribution in [-0.4, -0.2) is 17.4 Å². The number of aryl methyl sites for hydroxylation is 2. The monoisotopic (exact) mass is 222 g/mol. The van der Waals surface area contributed by atoms with E-state index in [0.29, 0.717) is 18.0 Å². The lowest BCUT2D eigenvalue weighted by atomic mass is 10.1. The van der Waals surface area contributed by atoms with Gasteiger partial charge in [-0.3, -0.25) is 9.59 Å². The number of aromatic nitrogens is 1. The smallest absolute Gasteiger partial charge is 0.261 e. The second-order valence-corrected chi connectivity index (χ2v) is 4.44. The molecule has 4 nitrogen and oxygen atoms in total. The van der Waals surface area contributed by atoms with Gasteiger partial charge in [0.15, 0.2) is 0 Å². The molecule has 0 spiro atoms. The van der Waals surface area contributed by atoms with Crippen LogP contribution in [0.15, 0.2) is 10.9 Å². The molecule has 0 aromatic carbocycles. The van der Waals surface area contributed by atoms with E-state index in [2.05, 4.69) is 10.3 Å². The Balaban J connectivity index is 2.96. The second kappa shape index (κ2) is 4.96. The zero-order valence-electron chi connectivity index (χ0n) is 10.2. The summed E-state index contributed by atoms with van der Waals surface area (Å²) in [7, 11) is 0. The van der Waals surface area contributed by atoms with Gasteiger partial charge in [-0.2, -0.15) is 0 Å². The highest BCUT2D eigenvalue weighted by molar-refractivity contribution is 5.95. The molecule has 0 unspecified atom stereocenters. The fraction of sp³-hybridized carbons (Fsp3) is 0.500. The fourth-order valence-corrected chi connectivity index (χ4v) is 1.52. The van der Waals surface area contributed by atoms with Crippen molar-refractivity contribution in [3.63, 3.8) is 0 Å². The van der Waals surface area contributed by atoms with Crippen molar-refractivity contribution in [3.05, 3.63) is 33.2 Å². The number of pyridine rings is 1. The number of amides is 1. The van der Waals surface area contributed by atoms with E-state index in [0.717, 1.165) is 5.69 Å². The molecule has 0 fully saturated rings. The topological polar surface area (TPSA) is 62.0 Å². The third kappa shape index (κ3) is 2.95. The molecule has 0 radical (unpaired) electrons. The van der Waals surface area contributed by atoms with Crippen molar-refractivity contribution < 1.29 is 4.79 Å². The van der Waals surface area contributed by atoms with Crippen LogP contribution < -0.4 is 10.9 Å². The summed E-state index contributed by atoms with van der Waals surface area (Å²) in [4.78, 5) is 26.0. The number of carbonyl (C=O) groups excluding carboxylic acids is 1. The van der Waals surface area contributed by atoms with E-state index < -0.39 is 0 Å². The maximum Gasteiger partial charge on any atom is 0.261 e. The number of rotatable bonds is 3. The van der Waals surface area contributed by atoms with Crippen LogP contribution in [0, 0.1) is 19.8 Å². The number of hydrogen-bond acceptors (Lipinski definition) is 2. The number of carbonyl (C=O) groups is 1. The van der Waals surface area contributed by atoms with Gasteiger partial charge in [0.1, 0.15) is 5.56 Å². The molecule has 0 bridgehead atoms. The van der Waals surface area contributed by atoms with Crippen LogP contribution in [0.5, 0.6) is 0 Å². The number of aromatic amines is 1. The highest BCUT2D eigenvalue weighted by Crippen LogP contribution is 2.03. The molecule has 1 aromatic rings. The standard InChI is InChI=1S/C12H18N2O2/c1-7(2)6-13-11(15)10-8(3)5-9(4)14-12(10)16/h5,7H,6H2,1-4H3,(H,13,15)(H,14,16). The molecule has 1 amide bonds. The fourth-order valence-electron chi connectivity index (χ4n) is 1.52. The van der Waals surface area contributed by atoms with Crippen LogP contribution in [0.1, 0.15) is 35.5 Å². The van der Waals surface area contributed by atoms with Crippen molar-refractivity contribution in [1.82, 2.24) is 10.3 Å². The molecule has 1 heterocycles. The molecule has 16 heavy (non-hydrogen) atoms.